The summed E-state index contributed by atoms with van der Waals surface area (Å²) in [6.45, 7) is 2.93. The van der Waals surface area contributed by atoms with Gasteiger partial charge in [-0.05, 0) is 43.7 Å². The number of hydrogen-bond acceptors (Lipinski definition) is 8. The van der Waals surface area contributed by atoms with Crippen LogP contribution in [0.4, 0.5) is 0 Å². The summed E-state index contributed by atoms with van der Waals surface area (Å²) in [6.07, 6.45) is -0.356. The van der Waals surface area contributed by atoms with Crippen molar-refractivity contribution in [1.82, 2.24) is 14.8 Å². The van der Waals surface area contributed by atoms with Crippen LogP contribution in [0.2, 0.25) is 5.02 Å². The summed E-state index contributed by atoms with van der Waals surface area (Å²) < 4.78 is 11.8. The predicted octanol–water partition coefficient (Wildman–Crippen LogP) is 3.53. The molecule has 3 rings (SSSR count). The molecule has 0 saturated heterocycles. The molecule has 10 nitrogen and oxygen atoms in total. The highest BCUT2D eigenvalue weighted by Crippen LogP contribution is 2.30. The van der Waals surface area contributed by atoms with Gasteiger partial charge in [0.15, 0.2) is 6.73 Å². The first-order valence-electron chi connectivity index (χ1n) is 10.4. The number of hydrogen-bond donors (Lipinski definition) is 1. The molecule has 0 aliphatic carbocycles. The van der Waals surface area contributed by atoms with Gasteiger partial charge in [-0.1, -0.05) is 17.7 Å². The number of aliphatic carboxylic acids is 1. The van der Waals surface area contributed by atoms with Gasteiger partial charge in [-0.25, -0.2) is 4.98 Å². The zero-order valence-electron chi connectivity index (χ0n) is 18.9. The number of aryl methyl sites for hydroxylation is 2. The van der Waals surface area contributed by atoms with E-state index in [-0.39, 0.29) is 18.7 Å². The van der Waals surface area contributed by atoms with Gasteiger partial charge in [-0.3, -0.25) is 14.4 Å². The maximum Gasteiger partial charge on any atom is 0.308 e. The Bertz CT molecular complexity index is 1380. The minimum Gasteiger partial charge on any atom is -0.481 e. The third kappa shape index (κ3) is 7.12. The zero-order valence-corrected chi connectivity index (χ0v) is 19.7. The summed E-state index contributed by atoms with van der Waals surface area (Å²) in [4.78, 5) is 38.9. The number of benzene rings is 1. The summed E-state index contributed by atoms with van der Waals surface area (Å²) in [5.74, 6) is -1.30. The Morgan fingerprint density at radius 3 is 2.66 bits per heavy atom. The summed E-state index contributed by atoms with van der Waals surface area (Å²) in [5, 5.41) is 22.4. The first kappa shape index (κ1) is 25.4. The molecule has 35 heavy (non-hydrogen) atoms. The number of nitrogens with zero attached hydrogens (tertiary/aromatic N) is 4. The van der Waals surface area contributed by atoms with Crippen molar-refractivity contribution in [2.75, 3.05) is 0 Å². The van der Waals surface area contributed by atoms with Crippen molar-refractivity contribution in [2.24, 2.45) is 0 Å². The maximum atomic E-state index is 12.4. The van der Waals surface area contributed by atoms with Crippen LogP contribution in [0.5, 0.6) is 11.6 Å². The largest absolute Gasteiger partial charge is 0.481 e. The van der Waals surface area contributed by atoms with Gasteiger partial charge in [-0.2, -0.15) is 15.0 Å². The van der Waals surface area contributed by atoms with Crippen LogP contribution in [-0.4, -0.2) is 31.8 Å². The average molecular weight is 497 g/mol. The van der Waals surface area contributed by atoms with Crippen LogP contribution in [0.25, 0.3) is 0 Å². The highest BCUT2D eigenvalue weighted by atomic mass is 35.5. The number of rotatable bonds is 9. The lowest BCUT2D eigenvalue weighted by Crippen LogP contribution is -2.28. The average Bonchev–Trinajstić information content (AvgIpc) is 2.80. The maximum absolute atomic E-state index is 12.4. The Morgan fingerprint density at radius 2 is 1.94 bits per heavy atom. The van der Waals surface area contributed by atoms with E-state index >= 15 is 0 Å². The summed E-state index contributed by atoms with van der Waals surface area (Å²) in [5.41, 5.74) is 2.29. The molecule has 2 heterocycles. The van der Waals surface area contributed by atoms with Gasteiger partial charge in [0, 0.05) is 23.7 Å². The molecule has 2 aromatic heterocycles. The molecule has 0 bridgehead atoms. The number of carboxylic acids is 1. The van der Waals surface area contributed by atoms with Gasteiger partial charge >= 0.3 is 11.9 Å². The smallest absolute Gasteiger partial charge is 0.308 e. The van der Waals surface area contributed by atoms with Crippen molar-refractivity contribution in [3.05, 3.63) is 79.9 Å². The number of pyridine rings is 1. The minimum absolute atomic E-state index is 0.229. The molecule has 0 radical (unpaired) electrons. The molecule has 180 valence electrons. The predicted molar refractivity (Wildman–Crippen MR) is 124 cm³/mol. The van der Waals surface area contributed by atoms with E-state index in [1.165, 1.54) is 6.07 Å². The fourth-order valence-electron chi connectivity index (χ4n) is 3.15. The minimum atomic E-state index is -1.12. The number of carbonyl (C=O) groups excluding carboxylic acids is 1. The van der Waals surface area contributed by atoms with E-state index < -0.39 is 24.2 Å². The fraction of sp³-hybridized carbons (Fsp3) is 0.250. The monoisotopic (exact) mass is 496 g/mol. The number of nitriles is 1. The summed E-state index contributed by atoms with van der Waals surface area (Å²) >= 11 is 6.29. The molecule has 0 unspecified atom stereocenters. The van der Waals surface area contributed by atoms with Gasteiger partial charge in [-0.15, -0.1) is 0 Å². The third-order valence-electron chi connectivity index (χ3n) is 4.75. The van der Waals surface area contributed by atoms with Crippen molar-refractivity contribution >= 4 is 23.5 Å². The van der Waals surface area contributed by atoms with Gasteiger partial charge in [0.05, 0.1) is 35.2 Å². The number of aromatic nitrogens is 3. The van der Waals surface area contributed by atoms with Crippen molar-refractivity contribution < 1.29 is 24.2 Å². The van der Waals surface area contributed by atoms with Crippen LogP contribution in [0.1, 0.15) is 40.9 Å². The zero-order chi connectivity index (χ0) is 25.5. The summed E-state index contributed by atoms with van der Waals surface area (Å²) in [6, 6.07) is 12.0. The number of carbonyl (C=O) groups is 2. The summed E-state index contributed by atoms with van der Waals surface area (Å²) in [7, 11) is 0. The van der Waals surface area contributed by atoms with Crippen LogP contribution < -0.4 is 10.3 Å². The van der Waals surface area contributed by atoms with Crippen LogP contribution >= 0.6 is 11.6 Å². The molecule has 1 aromatic carbocycles. The Kier molecular flexibility index (Phi) is 8.17. The SMILES string of the molecule is Cc1cc(C#N)cc(Oc2cc(Cc3cc(C)c(=O)n(COC(=O)CCC(=O)O)n3)ccc2Cl)n1. The van der Waals surface area contributed by atoms with E-state index in [1.54, 1.807) is 44.2 Å². The highest BCUT2D eigenvalue weighted by molar-refractivity contribution is 6.32. The molecule has 1 N–H and O–H groups in total. The Hall–Kier alpha value is -4.23. The van der Waals surface area contributed by atoms with Crippen LogP contribution in [0.3, 0.4) is 0 Å². The Morgan fingerprint density at radius 1 is 1.17 bits per heavy atom. The molecule has 0 atom stereocenters. The van der Waals surface area contributed by atoms with E-state index in [1.807, 2.05) is 0 Å². The lowest BCUT2D eigenvalue weighted by Gasteiger charge is -2.12. The van der Waals surface area contributed by atoms with Crippen LogP contribution in [0, 0.1) is 25.2 Å². The van der Waals surface area contributed by atoms with Crippen LogP contribution in [0.15, 0.2) is 41.2 Å². The van der Waals surface area contributed by atoms with Crippen molar-refractivity contribution in [3.8, 4) is 17.7 Å². The van der Waals surface area contributed by atoms with E-state index in [9.17, 15) is 14.4 Å². The first-order valence-corrected chi connectivity index (χ1v) is 10.8. The topological polar surface area (TPSA) is 144 Å². The van der Waals surface area contributed by atoms with Gasteiger partial charge in [0.25, 0.3) is 5.56 Å². The molecule has 3 aromatic rings. The van der Waals surface area contributed by atoms with Gasteiger partial charge < -0.3 is 14.6 Å². The number of carboxylic acid groups (broad SMARTS) is 1. The number of halogens is 1. The normalized spacial score (nSPS) is 10.5. The highest BCUT2D eigenvalue weighted by Gasteiger charge is 2.12. The molecule has 0 aliphatic rings. The second-order valence-corrected chi connectivity index (χ2v) is 8.06. The molecule has 11 heteroatoms. The lowest BCUT2D eigenvalue weighted by molar-refractivity contribution is -0.151. The van der Waals surface area contributed by atoms with Gasteiger partial charge in [0.1, 0.15) is 5.75 Å². The molecule has 0 fully saturated rings. The molecular formula is C24H21ClN4O6. The first-order chi connectivity index (χ1) is 16.6. The second kappa shape index (κ2) is 11.3. The van der Waals surface area contributed by atoms with Gasteiger partial charge in [0.2, 0.25) is 5.88 Å². The van der Waals surface area contributed by atoms with Crippen molar-refractivity contribution in [3.63, 3.8) is 0 Å². The number of esters is 1. The third-order valence-corrected chi connectivity index (χ3v) is 5.06. The van der Waals surface area contributed by atoms with Crippen molar-refractivity contribution in [1.29, 1.82) is 5.26 Å². The molecule has 0 aliphatic heterocycles. The second-order valence-electron chi connectivity index (χ2n) is 7.65. The molecular weight excluding hydrogens is 476 g/mol. The molecule has 0 saturated carbocycles. The van der Waals surface area contributed by atoms with E-state index in [2.05, 4.69) is 16.2 Å². The van der Waals surface area contributed by atoms with E-state index in [0.29, 0.717) is 39.7 Å². The lowest BCUT2D eigenvalue weighted by atomic mass is 10.1. The fourth-order valence-corrected chi connectivity index (χ4v) is 3.30. The standard InChI is InChI=1S/C24H21ClN4O6/c1-14-7-18(28-29(24(14)33)13-34-23(32)6-5-22(30)31)9-16-3-4-19(25)20(10-16)35-21-11-17(12-26)8-15(2)27-21/h3-4,7-8,10-11H,5-6,9,13H2,1-2H3,(H,30,31). The quantitative estimate of drug-likeness (QED) is 0.439. The van der Waals surface area contributed by atoms with E-state index in [0.717, 1.165) is 10.2 Å². The molecule has 0 amide bonds. The number of ether oxygens (including phenoxy) is 2. The Balaban J connectivity index is 1.78. The van der Waals surface area contributed by atoms with E-state index in [4.69, 9.17) is 31.4 Å². The molecule has 0 spiro atoms. The van der Waals surface area contributed by atoms with Crippen molar-refractivity contribution in [2.45, 2.75) is 39.8 Å². The Labute approximate surface area is 205 Å². The van der Waals surface area contributed by atoms with Crippen LogP contribution in [-0.2, 0) is 27.5 Å².